The van der Waals surface area contributed by atoms with Crippen molar-refractivity contribution in [2.24, 2.45) is 0 Å². The summed E-state index contributed by atoms with van der Waals surface area (Å²) in [6, 6.07) is 6.91. The van der Waals surface area contributed by atoms with Crippen LogP contribution in [0.4, 0.5) is 13.2 Å². The molecule has 0 radical (unpaired) electrons. The number of halogens is 3. The van der Waals surface area contributed by atoms with Crippen LogP contribution in [0.25, 0.3) is 0 Å². The summed E-state index contributed by atoms with van der Waals surface area (Å²) in [6.07, 6.45) is -3.52. The quantitative estimate of drug-likeness (QED) is 0.728. The number of ether oxygens (including phenoxy) is 1. The van der Waals surface area contributed by atoms with Crippen molar-refractivity contribution in [2.75, 3.05) is 26.3 Å². The number of carbonyl (C=O) groups excluding carboxylic acids is 1. The first-order valence-electron chi connectivity index (χ1n) is 7.71. The van der Waals surface area contributed by atoms with Gasteiger partial charge in [-0.05, 0) is 25.0 Å². The molecule has 1 aliphatic rings. The van der Waals surface area contributed by atoms with Crippen LogP contribution in [0.15, 0.2) is 35.2 Å². The van der Waals surface area contributed by atoms with Crippen molar-refractivity contribution >= 4 is 15.9 Å². The summed E-state index contributed by atoms with van der Waals surface area (Å²) >= 11 is 0. The van der Waals surface area contributed by atoms with E-state index in [9.17, 15) is 26.4 Å². The fourth-order valence-corrected chi connectivity index (χ4v) is 4.25. The second kappa shape index (κ2) is 8.15. The molecule has 0 spiro atoms. The number of amides is 1. The molecule has 1 amide bonds. The molecule has 2 rings (SSSR count). The van der Waals surface area contributed by atoms with E-state index in [1.807, 2.05) is 0 Å². The highest BCUT2D eigenvalue weighted by atomic mass is 32.2. The molecule has 25 heavy (non-hydrogen) atoms. The fraction of sp³-hybridized carbons (Fsp3) is 0.533. The molecule has 1 unspecified atom stereocenters. The lowest BCUT2D eigenvalue weighted by Gasteiger charge is -2.23. The van der Waals surface area contributed by atoms with Gasteiger partial charge in [0.25, 0.3) is 0 Å². The molecule has 1 fully saturated rings. The van der Waals surface area contributed by atoms with Crippen LogP contribution in [-0.2, 0) is 19.6 Å². The van der Waals surface area contributed by atoms with Crippen molar-refractivity contribution in [3.63, 3.8) is 0 Å². The Kier molecular flexibility index (Phi) is 6.42. The van der Waals surface area contributed by atoms with Gasteiger partial charge in [-0.1, -0.05) is 18.2 Å². The molecule has 140 valence electrons. The second-order valence-corrected chi connectivity index (χ2v) is 7.44. The number of benzene rings is 1. The van der Waals surface area contributed by atoms with Gasteiger partial charge in [-0.25, -0.2) is 8.42 Å². The summed E-state index contributed by atoms with van der Waals surface area (Å²) in [6.45, 7) is -1.59. The lowest BCUT2D eigenvalue weighted by molar-refractivity contribution is -0.173. The molecule has 1 aromatic rings. The first-order chi connectivity index (χ1) is 11.7. The first kappa shape index (κ1) is 19.7. The number of hydrogen-bond donors (Lipinski definition) is 1. The van der Waals surface area contributed by atoms with E-state index in [4.69, 9.17) is 0 Å². The van der Waals surface area contributed by atoms with Crippen LogP contribution in [-0.4, -0.2) is 57.2 Å². The van der Waals surface area contributed by atoms with E-state index >= 15 is 0 Å². The number of nitrogens with one attached hydrogen (secondary N) is 1. The molecule has 1 aromatic carbocycles. The Morgan fingerprint density at radius 1 is 1.28 bits per heavy atom. The Morgan fingerprint density at radius 2 is 1.96 bits per heavy atom. The van der Waals surface area contributed by atoms with Gasteiger partial charge in [-0.3, -0.25) is 4.79 Å². The third-order valence-corrected chi connectivity index (χ3v) is 5.59. The molecule has 1 heterocycles. The second-order valence-electron chi connectivity index (χ2n) is 5.55. The minimum Gasteiger partial charge on any atom is -0.370 e. The topological polar surface area (TPSA) is 75.7 Å². The predicted octanol–water partition coefficient (Wildman–Crippen LogP) is 1.53. The lowest BCUT2D eigenvalue weighted by atomic mass is 10.2. The summed E-state index contributed by atoms with van der Waals surface area (Å²) in [5.41, 5.74) is 0. The lowest BCUT2D eigenvalue weighted by Crippen LogP contribution is -2.46. The van der Waals surface area contributed by atoms with Gasteiger partial charge < -0.3 is 10.1 Å². The van der Waals surface area contributed by atoms with E-state index in [0.29, 0.717) is 12.8 Å². The van der Waals surface area contributed by atoms with Crippen molar-refractivity contribution in [1.29, 1.82) is 0 Å². The smallest absolute Gasteiger partial charge is 0.370 e. The highest BCUT2D eigenvalue weighted by Gasteiger charge is 2.39. The third-order valence-electron chi connectivity index (χ3n) is 3.67. The van der Waals surface area contributed by atoms with Gasteiger partial charge in [0.15, 0.2) is 0 Å². The van der Waals surface area contributed by atoms with E-state index in [1.54, 1.807) is 18.2 Å². The van der Waals surface area contributed by atoms with E-state index in [-0.39, 0.29) is 24.6 Å². The molecule has 0 aliphatic carbocycles. The molecule has 0 bridgehead atoms. The first-order valence-corrected chi connectivity index (χ1v) is 9.15. The molecular formula is C15H19F3N2O4S. The number of alkyl halides is 3. The Morgan fingerprint density at radius 3 is 2.60 bits per heavy atom. The van der Waals surface area contributed by atoms with Crippen molar-refractivity contribution in [3.05, 3.63) is 30.3 Å². The predicted molar refractivity (Wildman–Crippen MR) is 83.2 cm³/mol. The molecule has 10 heteroatoms. The Balaban J connectivity index is 1.91. The van der Waals surface area contributed by atoms with Gasteiger partial charge in [0.1, 0.15) is 12.6 Å². The van der Waals surface area contributed by atoms with E-state index in [0.717, 1.165) is 4.31 Å². The van der Waals surface area contributed by atoms with Gasteiger partial charge in [0, 0.05) is 13.1 Å². The molecule has 1 atom stereocenters. The summed E-state index contributed by atoms with van der Waals surface area (Å²) < 4.78 is 66.6. The maximum absolute atomic E-state index is 12.6. The Hall–Kier alpha value is -1.65. The van der Waals surface area contributed by atoms with Crippen molar-refractivity contribution < 1.29 is 31.1 Å². The minimum atomic E-state index is -4.42. The highest BCUT2D eigenvalue weighted by molar-refractivity contribution is 7.89. The van der Waals surface area contributed by atoms with Gasteiger partial charge in [0.2, 0.25) is 15.9 Å². The fourth-order valence-electron chi connectivity index (χ4n) is 2.57. The number of hydrogen-bond acceptors (Lipinski definition) is 4. The maximum atomic E-state index is 12.6. The summed E-state index contributed by atoms with van der Waals surface area (Å²) in [5, 5.41) is 2.43. The average molecular weight is 380 g/mol. The van der Waals surface area contributed by atoms with E-state index < -0.39 is 34.8 Å². The average Bonchev–Trinajstić information content (AvgIpc) is 3.04. The standard InChI is InChI=1S/C15H19F3N2O4S/c16-15(17,18)11-24-10-8-19-14(21)13-7-4-9-20(13)25(22,23)12-5-2-1-3-6-12/h1-3,5-6,13H,4,7-11H2,(H,19,21). The van der Waals surface area contributed by atoms with Crippen molar-refractivity contribution in [2.45, 2.75) is 30.0 Å². The van der Waals surface area contributed by atoms with Crippen LogP contribution in [0.2, 0.25) is 0 Å². The van der Waals surface area contributed by atoms with Gasteiger partial charge in [0.05, 0.1) is 11.5 Å². The normalized spacial score (nSPS) is 19.1. The largest absolute Gasteiger partial charge is 0.411 e. The molecular weight excluding hydrogens is 361 g/mol. The summed E-state index contributed by atoms with van der Waals surface area (Å²) in [4.78, 5) is 12.3. The molecule has 0 aromatic heterocycles. The maximum Gasteiger partial charge on any atom is 0.411 e. The number of carbonyl (C=O) groups is 1. The third kappa shape index (κ3) is 5.41. The van der Waals surface area contributed by atoms with Crippen molar-refractivity contribution in [3.8, 4) is 0 Å². The van der Waals surface area contributed by atoms with Gasteiger partial charge in [-0.15, -0.1) is 0 Å². The molecule has 1 N–H and O–H groups in total. The monoisotopic (exact) mass is 380 g/mol. The van der Waals surface area contributed by atoms with E-state index in [2.05, 4.69) is 10.1 Å². The highest BCUT2D eigenvalue weighted by Crippen LogP contribution is 2.26. The van der Waals surface area contributed by atoms with Gasteiger partial charge in [-0.2, -0.15) is 17.5 Å². The van der Waals surface area contributed by atoms with Crippen LogP contribution >= 0.6 is 0 Å². The zero-order valence-corrected chi connectivity index (χ0v) is 14.1. The van der Waals surface area contributed by atoms with Crippen LogP contribution in [0, 0.1) is 0 Å². The SMILES string of the molecule is O=C(NCCOCC(F)(F)F)C1CCCN1S(=O)(=O)c1ccccc1. The molecule has 1 saturated heterocycles. The van der Waals surface area contributed by atoms with Gasteiger partial charge >= 0.3 is 6.18 Å². The van der Waals surface area contributed by atoms with Crippen LogP contribution in [0.3, 0.4) is 0 Å². The van der Waals surface area contributed by atoms with Crippen LogP contribution < -0.4 is 5.32 Å². The number of sulfonamides is 1. The number of nitrogens with zero attached hydrogens (tertiary/aromatic N) is 1. The van der Waals surface area contributed by atoms with Crippen molar-refractivity contribution in [1.82, 2.24) is 9.62 Å². The summed E-state index contributed by atoms with van der Waals surface area (Å²) in [5.74, 6) is -0.535. The van der Waals surface area contributed by atoms with Crippen LogP contribution in [0.1, 0.15) is 12.8 Å². The van der Waals surface area contributed by atoms with Crippen LogP contribution in [0.5, 0.6) is 0 Å². The zero-order valence-electron chi connectivity index (χ0n) is 13.3. The Bertz CT molecular complexity index is 680. The molecule has 0 saturated carbocycles. The number of rotatable bonds is 7. The van der Waals surface area contributed by atoms with E-state index in [1.165, 1.54) is 12.1 Å². The summed E-state index contributed by atoms with van der Waals surface area (Å²) in [7, 11) is -3.80. The molecule has 1 aliphatic heterocycles. The molecule has 6 nitrogen and oxygen atoms in total. The Labute approximate surface area is 144 Å². The zero-order chi connectivity index (χ0) is 18.5. The minimum absolute atomic E-state index is 0.100.